The number of benzene rings is 1. The Balaban J connectivity index is 0.00000161. The van der Waals surface area contributed by atoms with E-state index in [9.17, 15) is 4.79 Å². The maximum Gasteiger partial charge on any atom is 0.271 e. The fourth-order valence-corrected chi connectivity index (χ4v) is 2.45. The molecular weight excluding hydrogens is 288 g/mol. The lowest BCUT2D eigenvalue weighted by Gasteiger charge is -2.13. The maximum atomic E-state index is 12.3. The first-order valence-corrected chi connectivity index (χ1v) is 6.81. The molecule has 0 saturated carbocycles. The molecule has 6 heteroatoms. The lowest BCUT2D eigenvalue weighted by atomic mass is 10.1. The topological polar surface area (TPSA) is 75.0 Å². The van der Waals surface area contributed by atoms with Gasteiger partial charge in [0.25, 0.3) is 5.91 Å². The van der Waals surface area contributed by atoms with Crippen LogP contribution in [0.2, 0.25) is 0 Å². The molecule has 1 saturated heterocycles. The third-order valence-electron chi connectivity index (χ3n) is 3.67. The predicted octanol–water partition coefficient (Wildman–Crippen LogP) is 1.98. The molecule has 1 aromatic carbocycles. The number of nitrogens with one attached hydrogen (secondary N) is 1. The molecule has 0 bridgehead atoms. The average molecular weight is 307 g/mol. The molecule has 0 radical (unpaired) electrons. The van der Waals surface area contributed by atoms with Gasteiger partial charge in [-0.3, -0.25) is 9.89 Å². The van der Waals surface area contributed by atoms with Crippen LogP contribution in [-0.4, -0.2) is 40.1 Å². The van der Waals surface area contributed by atoms with Crippen LogP contribution in [0.5, 0.6) is 0 Å². The van der Waals surface area contributed by atoms with E-state index in [1.165, 1.54) is 5.56 Å². The van der Waals surface area contributed by atoms with Gasteiger partial charge in [0.1, 0.15) is 5.69 Å². The SMILES string of the molecule is Cc1ccc(-c2cc(C(=O)N3CCC(N)C3)[nH]n2)cc1.Cl. The molecule has 1 atom stereocenters. The van der Waals surface area contributed by atoms with Gasteiger partial charge in [0.05, 0.1) is 5.69 Å². The highest BCUT2D eigenvalue weighted by Crippen LogP contribution is 2.19. The number of likely N-dealkylation sites (tertiary alicyclic amines) is 1. The minimum absolute atomic E-state index is 0. The normalized spacial score (nSPS) is 17.6. The van der Waals surface area contributed by atoms with Crippen molar-refractivity contribution in [1.82, 2.24) is 15.1 Å². The van der Waals surface area contributed by atoms with Gasteiger partial charge in [-0.2, -0.15) is 5.10 Å². The number of aromatic nitrogens is 2. The van der Waals surface area contributed by atoms with E-state index in [0.717, 1.165) is 24.2 Å². The number of amides is 1. The molecule has 1 aliphatic heterocycles. The van der Waals surface area contributed by atoms with E-state index in [1.54, 1.807) is 11.0 Å². The highest BCUT2D eigenvalue weighted by Gasteiger charge is 2.25. The lowest BCUT2D eigenvalue weighted by molar-refractivity contribution is 0.0785. The second-order valence-electron chi connectivity index (χ2n) is 5.33. The van der Waals surface area contributed by atoms with Crippen LogP contribution in [-0.2, 0) is 0 Å². The smallest absolute Gasteiger partial charge is 0.271 e. The van der Waals surface area contributed by atoms with Gasteiger partial charge in [0.2, 0.25) is 0 Å². The van der Waals surface area contributed by atoms with Crippen molar-refractivity contribution < 1.29 is 4.79 Å². The second kappa shape index (κ2) is 6.28. The first-order valence-electron chi connectivity index (χ1n) is 6.81. The number of rotatable bonds is 2. The molecular formula is C15H19ClN4O. The van der Waals surface area contributed by atoms with Crippen molar-refractivity contribution in [3.63, 3.8) is 0 Å². The quantitative estimate of drug-likeness (QED) is 0.891. The molecule has 0 aliphatic carbocycles. The van der Waals surface area contributed by atoms with Gasteiger partial charge in [-0.05, 0) is 19.4 Å². The molecule has 2 heterocycles. The Labute approximate surface area is 129 Å². The Bertz CT molecular complexity index is 623. The highest BCUT2D eigenvalue weighted by molar-refractivity contribution is 5.93. The molecule has 21 heavy (non-hydrogen) atoms. The number of hydrogen-bond donors (Lipinski definition) is 2. The number of nitrogens with two attached hydrogens (primary N) is 1. The zero-order chi connectivity index (χ0) is 14.1. The van der Waals surface area contributed by atoms with Gasteiger partial charge in [-0.15, -0.1) is 12.4 Å². The molecule has 3 N–H and O–H groups in total. The van der Waals surface area contributed by atoms with Crippen LogP contribution in [0, 0.1) is 6.92 Å². The van der Waals surface area contributed by atoms with Crippen molar-refractivity contribution in [1.29, 1.82) is 0 Å². The van der Waals surface area contributed by atoms with E-state index in [0.29, 0.717) is 12.2 Å². The van der Waals surface area contributed by atoms with Gasteiger partial charge >= 0.3 is 0 Å². The van der Waals surface area contributed by atoms with Gasteiger partial charge in [0, 0.05) is 24.7 Å². The Morgan fingerprint density at radius 1 is 1.38 bits per heavy atom. The molecule has 0 spiro atoms. The molecule has 1 fully saturated rings. The van der Waals surface area contributed by atoms with Crippen LogP contribution in [0.15, 0.2) is 30.3 Å². The van der Waals surface area contributed by atoms with Crippen molar-refractivity contribution in [2.24, 2.45) is 5.73 Å². The van der Waals surface area contributed by atoms with Crippen LogP contribution >= 0.6 is 12.4 Å². The van der Waals surface area contributed by atoms with Gasteiger partial charge < -0.3 is 10.6 Å². The standard InChI is InChI=1S/C15H18N4O.ClH/c1-10-2-4-11(5-3-10)13-8-14(18-17-13)15(20)19-7-6-12(16)9-19;/h2-5,8,12H,6-7,9,16H2,1H3,(H,17,18);1H. The summed E-state index contributed by atoms with van der Waals surface area (Å²) in [5, 5.41) is 7.05. The van der Waals surface area contributed by atoms with Crippen LogP contribution in [0.1, 0.15) is 22.5 Å². The second-order valence-corrected chi connectivity index (χ2v) is 5.33. The molecule has 1 unspecified atom stereocenters. The van der Waals surface area contributed by atoms with E-state index < -0.39 is 0 Å². The molecule has 1 amide bonds. The number of H-pyrrole nitrogens is 1. The Hall–Kier alpha value is -1.85. The number of halogens is 1. The van der Waals surface area contributed by atoms with Crippen LogP contribution in [0.25, 0.3) is 11.3 Å². The summed E-state index contributed by atoms with van der Waals surface area (Å²) in [6.07, 6.45) is 0.866. The summed E-state index contributed by atoms with van der Waals surface area (Å²) < 4.78 is 0. The Morgan fingerprint density at radius 3 is 2.71 bits per heavy atom. The first-order chi connectivity index (χ1) is 9.63. The van der Waals surface area contributed by atoms with E-state index in [4.69, 9.17) is 5.73 Å². The monoisotopic (exact) mass is 306 g/mol. The van der Waals surface area contributed by atoms with Crippen molar-refractivity contribution >= 4 is 18.3 Å². The average Bonchev–Trinajstić information content (AvgIpc) is 3.08. The summed E-state index contributed by atoms with van der Waals surface area (Å²) in [5.41, 5.74) is 9.35. The van der Waals surface area contributed by atoms with Crippen LogP contribution < -0.4 is 5.73 Å². The number of carbonyl (C=O) groups excluding carboxylic acids is 1. The predicted molar refractivity (Wildman–Crippen MR) is 84.5 cm³/mol. The summed E-state index contributed by atoms with van der Waals surface area (Å²) in [7, 11) is 0. The first kappa shape index (κ1) is 15.5. The molecule has 1 aromatic heterocycles. The number of nitrogens with zero attached hydrogens (tertiary/aromatic N) is 2. The molecule has 5 nitrogen and oxygen atoms in total. The largest absolute Gasteiger partial charge is 0.336 e. The minimum Gasteiger partial charge on any atom is -0.336 e. The number of aryl methyl sites for hydroxylation is 1. The van der Waals surface area contributed by atoms with Gasteiger partial charge in [-0.1, -0.05) is 29.8 Å². The summed E-state index contributed by atoms with van der Waals surface area (Å²) in [6, 6.07) is 9.97. The third-order valence-corrected chi connectivity index (χ3v) is 3.67. The number of hydrogen-bond acceptors (Lipinski definition) is 3. The van der Waals surface area contributed by atoms with Crippen molar-refractivity contribution in [3.05, 3.63) is 41.6 Å². The highest BCUT2D eigenvalue weighted by atomic mass is 35.5. The Kier molecular flexibility index (Phi) is 4.65. The van der Waals surface area contributed by atoms with E-state index in [1.807, 2.05) is 31.2 Å². The fraction of sp³-hybridized carbons (Fsp3) is 0.333. The van der Waals surface area contributed by atoms with E-state index in [-0.39, 0.29) is 24.4 Å². The fourth-order valence-electron chi connectivity index (χ4n) is 2.45. The van der Waals surface area contributed by atoms with E-state index in [2.05, 4.69) is 10.2 Å². The minimum atomic E-state index is -0.0242. The van der Waals surface area contributed by atoms with Gasteiger partial charge in [-0.25, -0.2) is 0 Å². The maximum absolute atomic E-state index is 12.3. The lowest BCUT2D eigenvalue weighted by Crippen LogP contribution is -2.32. The zero-order valence-electron chi connectivity index (χ0n) is 11.9. The number of carbonyl (C=O) groups is 1. The molecule has 2 aromatic rings. The van der Waals surface area contributed by atoms with Crippen molar-refractivity contribution in [2.75, 3.05) is 13.1 Å². The third kappa shape index (κ3) is 3.25. The van der Waals surface area contributed by atoms with Crippen molar-refractivity contribution in [3.8, 4) is 11.3 Å². The summed E-state index contributed by atoms with van der Waals surface area (Å²) in [6.45, 7) is 3.39. The van der Waals surface area contributed by atoms with Gasteiger partial charge in [0.15, 0.2) is 0 Å². The summed E-state index contributed by atoms with van der Waals surface area (Å²) in [4.78, 5) is 14.1. The zero-order valence-corrected chi connectivity index (χ0v) is 12.7. The number of aromatic amines is 1. The van der Waals surface area contributed by atoms with Crippen LogP contribution in [0.3, 0.4) is 0 Å². The summed E-state index contributed by atoms with van der Waals surface area (Å²) in [5.74, 6) is -0.0242. The Morgan fingerprint density at radius 2 is 2.10 bits per heavy atom. The summed E-state index contributed by atoms with van der Waals surface area (Å²) >= 11 is 0. The van der Waals surface area contributed by atoms with Crippen LogP contribution in [0.4, 0.5) is 0 Å². The molecule has 3 rings (SSSR count). The van der Waals surface area contributed by atoms with E-state index >= 15 is 0 Å². The van der Waals surface area contributed by atoms with Crippen molar-refractivity contribution in [2.45, 2.75) is 19.4 Å². The molecule has 112 valence electrons. The molecule has 1 aliphatic rings.